The van der Waals surface area contributed by atoms with Crippen LogP contribution in [0, 0.1) is 0 Å². The van der Waals surface area contributed by atoms with Gasteiger partial charge in [-0.2, -0.15) is 0 Å². The van der Waals surface area contributed by atoms with Gasteiger partial charge in [-0.25, -0.2) is 14.6 Å². The molecule has 28 heavy (non-hydrogen) atoms. The minimum atomic E-state index is -0.956. The molecule has 1 atom stereocenters. The summed E-state index contributed by atoms with van der Waals surface area (Å²) in [6, 6.07) is 14.6. The predicted molar refractivity (Wildman–Crippen MR) is 105 cm³/mol. The lowest BCUT2D eigenvalue weighted by molar-refractivity contribution is 0.0697. The maximum atomic E-state index is 12.7. The normalized spacial score (nSPS) is 16.4. The number of aromatic carboxylic acids is 1. The van der Waals surface area contributed by atoms with Gasteiger partial charge in [0.05, 0.1) is 29.0 Å². The fraction of sp³-hybridized carbons (Fsp3) is 0.286. The maximum Gasteiger partial charge on any atom is 0.335 e. The Morgan fingerprint density at radius 2 is 1.93 bits per heavy atom. The molecule has 2 amide bonds. The number of aromatic nitrogens is 2. The quantitative estimate of drug-likeness (QED) is 0.714. The van der Waals surface area contributed by atoms with Crippen LogP contribution in [0.15, 0.2) is 54.9 Å². The van der Waals surface area contributed by atoms with Crippen LogP contribution in [0.2, 0.25) is 0 Å². The van der Waals surface area contributed by atoms with Crippen LogP contribution in [0.4, 0.5) is 4.79 Å². The number of benzene rings is 2. The number of hydrogen-bond acceptors (Lipinski definition) is 3. The first-order chi connectivity index (χ1) is 13.6. The molecule has 2 heterocycles. The summed E-state index contributed by atoms with van der Waals surface area (Å²) in [6.45, 7) is 1.83. The highest BCUT2D eigenvalue weighted by molar-refractivity contribution is 5.87. The lowest BCUT2D eigenvalue weighted by Gasteiger charge is -2.25. The third-order valence-electron chi connectivity index (χ3n) is 5.22. The highest BCUT2D eigenvalue weighted by Crippen LogP contribution is 2.21. The fourth-order valence-corrected chi connectivity index (χ4v) is 3.72. The maximum absolute atomic E-state index is 12.7. The van der Waals surface area contributed by atoms with Crippen LogP contribution in [0.1, 0.15) is 28.8 Å². The van der Waals surface area contributed by atoms with Gasteiger partial charge in [-0.15, -0.1) is 0 Å². The van der Waals surface area contributed by atoms with Crippen LogP contribution in [-0.2, 0) is 13.1 Å². The average molecular weight is 378 g/mol. The lowest BCUT2D eigenvalue weighted by atomic mass is 10.1. The molecule has 3 aromatic rings. The van der Waals surface area contributed by atoms with Gasteiger partial charge in [-0.1, -0.05) is 24.3 Å². The molecule has 1 saturated heterocycles. The first-order valence-electron chi connectivity index (χ1n) is 9.38. The molecule has 1 aliphatic rings. The topological polar surface area (TPSA) is 87.5 Å². The zero-order chi connectivity index (χ0) is 19.5. The molecule has 1 fully saturated rings. The van der Waals surface area contributed by atoms with E-state index in [9.17, 15) is 9.59 Å². The molecule has 2 N–H and O–H groups in total. The van der Waals surface area contributed by atoms with Gasteiger partial charge in [0.1, 0.15) is 0 Å². The second kappa shape index (κ2) is 7.72. The van der Waals surface area contributed by atoms with Crippen LogP contribution in [-0.4, -0.2) is 44.1 Å². The van der Waals surface area contributed by atoms with Crippen molar-refractivity contribution in [1.29, 1.82) is 0 Å². The van der Waals surface area contributed by atoms with E-state index in [1.165, 1.54) is 0 Å². The zero-order valence-corrected chi connectivity index (χ0v) is 15.4. The number of para-hydroxylation sites is 2. The summed E-state index contributed by atoms with van der Waals surface area (Å²) in [5.41, 5.74) is 3.14. The smallest absolute Gasteiger partial charge is 0.335 e. The molecule has 1 aromatic heterocycles. The van der Waals surface area contributed by atoms with Crippen molar-refractivity contribution in [3.8, 4) is 0 Å². The molecule has 1 unspecified atom stereocenters. The molecule has 1 aliphatic heterocycles. The van der Waals surface area contributed by atoms with Crippen LogP contribution in [0.25, 0.3) is 11.0 Å². The van der Waals surface area contributed by atoms with E-state index in [1.54, 1.807) is 24.3 Å². The Kier molecular flexibility index (Phi) is 4.97. The van der Waals surface area contributed by atoms with E-state index in [4.69, 9.17) is 5.11 Å². The number of carboxylic acid groups (broad SMARTS) is 1. The number of amides is 2. The van der Waals surface area contributed by atoms with Crippen molar-refractivity contribution in [2.45, 2.75) is 32.0 Å². The Morgan fingerprint density at radius 3 is 2.71 bits per heavy atom. The number of fused-ring (bicyclic) bond motifs is 1. The number of nitrogens with zero attached hydrogens (tertiary/aromatic N) is 3. The summed E-state index contributed by atoms with van der Waals surface area (Å²) in [5.74, 6) is -0.956. The highest BCUT2D eigenvalue weighted by Gasteiger charge is 2.29. The van der Waals surface area contributed by atoms with E-state index < -0.39 is 5.97 Å². The number of urea groups is 1. The molecule has 7 heteroatoms. The van der Waals surface area contributed by atoms with Crippen molar-refractivity contribution in [3.05, 3.63) is 66.0 Å². The molecule has 7 nitrogen and oxygen atoms in total. The number of carbonyl (C=O) groups is 2. The van der Waals surface area contributed by atoms with Gasteiger partial charge in [-0.05, 0) is 42.7 Å². The number of carboxylic acids is 1. The Bertz CT molecular complexity index is 996. The lowest BCUT2D eigenvalue weighted by Crippen LogP contribution is -2.44. The number of imidazole rings is 1. The summed E-state index contributed by atoms with van der Waals surface area (Å²) >= 11 is 0. The van der Waals surface area contributed by atoms with E-state index in [1.807, 2.05) is 35.5 Å². The average Bonchev–Trinajstić information content (AvgIpc) is 3.34. The Balaban J connectivity index is 1.38. The van der Waals surface area contributed by atoms with E-state index in [2.05, 4.69) is 14.9 Å². The largest absolute Gasteiger partial charge is 0.478 e. The number of hydrogen-bond donors (Lipinski definition) is 2. The second-order valence-electron chi connectivity index (χ2n) is 7.04. The highest BCUT2D eigenvalue weighted by atomic mass is 16.4. The van der Waals surface area contributed by atoms with Crippen molar-refractivity contribution in [3.63, 3.8) is 0 Å². The van der Waals surface area contributed by atoms with Gasteiger partial charge in [0.15, 0.2) is 0 Å². The van der Waals surface area contributed by atoms with Crippen LogP contribution in [0.3, 0.4) is 0 Å². The van der Waals surface area contributed by atoms with Crippen LogP contribution < -0.4 is 5.32 Å². The van der Waals surface area contributed by atoms with Gasteiger partial charge in [0, 0.05) is 19.6 Å². The predicted octanol–water partition coefficient (Wildman–Crippen LogP) is 3.11. The third-order valence-corrected chi connectivity index (χ3v) is 5.22. The minimum Gasteiger partial charge on any atom is -0.478 e. The van der Waals surface area contributed by atoms with Crippen LogP contribution >= 0.6 is 0 Å². The first-order valence-corrected chi connectivity index (χ1v) is 9.38. The van der Waals surface area contributed by atoms with E-state index in [0.29, 0.717) is 6.54 Å². The Labute approximate surface area is 162 Å². The summed E-state index contributed by atoms with van der Waals surface area (Å²) in [4.78, 5) is 29.9. The standard InChI is InChI=1S/C21H22N4O3/c26-20(27)16-9-7-15(8-10-16)12-22-21(28)25-11-3-4-17(25)13-24-14-23-18-5-1-2-6-19(18)24/h1-2,5-10,14,17H,3-4,11-13H2,(H,22,28)(H,26,27). The molecule has 0 spiro atoms. The third kappa shape index (κ3) is 3.69. The van der Waals surface area contributed by atoms with Crippen molar-refractivity contribution in [2.75, 3.05) is 6.54 Å². The SMILES string of the molecule is O=C(O)c1ccc(CNC(=O)N2CCCC2Cn2cnc3ccccc32)cc1. The first kappa shape index (κ1) is 18.0. The summed E-state index contributed by atoms with van der Waals surface area (Å²) in [7, 11) is 0. The molecular weight excluding hydrogens is 356 g/mol. The minimum absolute atomic E-state index is 0.0887. The van der Waals surface area contributed by atoms with Crippen molar-refractivity contribution in [1.82, 2.24) is 19.8 Å². The molecule has 2 aromatic carbocycles. The van der Waals surface area contributed by atoms with Gasteiger partial charge in [0.25, 0.3) is 0 Å². The van der Waals surface area contributed by atoms with Gasteiger partial charge < -0.3 is 19.9 Å². The Morgan fingerprint density at radius 1 is 1.14 bits per heavy atom. The zero-order valence-electron chi connectivity index (χ0n) is 15.4. The summed E-state index contributed by atoms with van der Waals surface area (Å²) in [5, 5.41) is 11.9. The van der Waals surface area contributed by atoms with Gasteiger partial charge >= 0.3 is 12.0 Å². The van der Waals surface area contributed by atoms with Crippen LogP contribution in [0.5, 0.6) is 0 Å². The monoisotopic (exact) mass is 378 g/mol. The number of nitrogens with one attached hydrogen (secondary N) is 1. The van der Waals surface area contributed by atoms with Gasteiger partial charge in [-0.3, -0.25) is 0 Å². The number of rotatable bonds is 5. The summed E-state index contributed by atoms with van der Waals surface area (Å²) < 4.78 is 2.11. The second-order valence-corrected chi connectivity index (χ2v) is 7.04. The Hall–Kier alpha value is -3.35. The number of likely N-dealkylation sites (tertiary alicyclic amines) is 1. The summed E-state index contributed by atoms with van der Waals surface area (Å²) in [6.07, 6.45) is 3.79. The van der Waals surface area contributed by atoms with E-state index >= 15 is 0 Å². The van der Waals surface area contributed by atoms with Crippen molar-refractivity contribution < 1.29 is 14.7 Å². The molecule has 0 aliphatic carbocycles. The number of carbonyl (C=O) groups excluding carboxylic acids is 1. The molecule has 144 valence electrons. The van der Waals surface area contributed by atoms with Crippen molar-refractivity contribution >= 4 is 23.0 Å². The van der Waals surface area contributed by atoms with Gasteiger partial charge in [0.2, 0.25) is 0 Å². The fourth-order valence-electron chi connectivity index (χ4n) is 3.72. The molecule has 0 bridgehead atoms. The molecule has 0 saturated carbocycles. The van der Waals surface area contributed by atoms with E-state index in [0.717, 1.165) is 42.5 Å². The van der Waals surface area contributed by atoms with E-state index in [-0.39, 0.29) is 17.6 Å². The molecule has 4 rings (SSSR count). The van der Waals surface area contributed by atoms with Crippen molar-refractivity contribution in [2.24, 2.45) is 0 Å². The molecule has 0 radical (unpaired) electrons. The molecular formula is C21H22N4O3.